The zero-order chi connectivity index (χ0) is 10.0. The summed E-state index contributed by atoms with van der Waals surface area (Å²) in [6.45, 7) is 1.73. The number of benzene rings is 1. The Kier molecular flexibility index (Phi) is 2.63. The van der Waals surface area contributed by atoms with Crippen LogP contribution in [0, 0.1) is 17.0 Å². The molecule has 68 valence electrons. The van der Waals surface area contributed by atoms with Gasteiger partial charge in [-0.15, -0.1) is 0 Å². The first-order valence-electron chi connectivity index (χ1n) is 3.47. The van der Waals surface area contributed by atoms with Crippen LogP contribution in [0.1, 0.15) is 15.9 Å². The summed E-state index contributed by atoms with van der Waals surface area (Å²) in [7, 11) is 0. The van der Waals surface area contributed by atoms with Gasteiger partial charge < -0.3 is 0 Å². The van der Waals surface area contributed by atoms with Crippen LogP contribution in [0.15, 0.2) is 18.2 Å². The van der Waals surface area contributed by atoms with Crippen LogP contribution in [0.3, 0.4) is 0 Å². The van der Waals surface area contributed by atoms with E-state index in [1.165, 1.54) is 12.1 Å². The van der Waals surface area contributed by atoms with Gasteiger partial charge >= 0.3 is 0 Å². The Labute approximate surface area is 79.3 Å². The highest BCUT2D eigenvalue weighted by molar-refractivity contribution is 6.68. The molecule has 0 aromatic heterocycles. The minimum absolute atomic E-state index is 0.0633. The minimum Gasteiger partial charge on any atom is -0.275 e. The van der Waals surface area contributed by atoms with Crippen LogP contribution in [0.25, 0.3) is 0 Å². The van der Waals surface area contributed by atoms with E-state index in [9.17, 15) is 14.9 Å². The number of carbonyl (C=O) groups excluding carboxylic acids is 1. The molecule has 4 nitrogen and oxygen atoms in total. The third-order valence-corrected chi connectivity index (χ3v) is 1.76. The first-order chi connectivity index (χ1) is 6.02. The highest BCUT2D eigenvalue weighted by Gasteiger charge is 2.17. The normalized spacial score (nSPS) is 9.69. The van der Waals surface area contributed by atoms with Crippen molar-refractivity contribution < 1.29 is 9.72 Å². The number of rotatable bonds is 2. The van der Waals surface area contributed by atoms with Gasteiger partial charge in [0.15, 0.2) is 0 Å². The molecule has 0 fully saturated rings. The van der Waals surface area contributed by atoms with Gasteiger partial charge in [-0.2, -0.15) is 0 Å². The van der Waals surface area contributed by atoms with Crippen molar-refractivity contribution in [3.05, 3.63) is 39.4 Å². The predicted octanol–water partition coefficient (Wildman–Crippen LogP) is 2.28. The number of halogens is 1. The van der Waals surface area contributed by atoms with Crippen molar-refractivity contribution in [1.29, 1.82) is 0 Å². The predicted molar refractivity (Wildman–Crippen MR) is 48.0 cm³/mol. The van der Waals surface area contributed by atoms with Crippen molar-refractivity contribution in [2.75, 3.05) is 0 Å². The lowest BCUT2D eigenvalue weighted by atomic mass is 10.1. The molecule has 0 atom stereocenters. The molecule has 0 aliphatic heterocycles. The van der Waals surface area contributed by atoms with Crippen LogP contribution in [0.4, 0.5) is 5.69 Å². The van der Waals surface area contributed by atoms with Crippen LogP contribution in [0.2, 0.25) is 0 Å². The van der Waals surface area contributed by atoms with Crippen LogP contribution in [0.5, 0.6) is 0 Å². The minimum atomic E-state index is -0.810. The van der Waals surface area contributed by atoms with E-state index in [0.29, 0.717) is 0 Å². The maximum Gasteiger partial charge on any atom is 0.281 e. The third-order valence-electron chi connectivity index (χ3n) is 1.56. The molecule has 13 heavy (non-hydrogen) atoms. The van der Waals surface area contributed by atoms with E-state index in [0.717, 1.165) is 5.56 Å². The lowest BCUT2D eigenvalue weighted by molar-refractivity contribution is -0.385. The fraction of sp³-hybridized carbons (Fsp3) is 0.125. The van der Waals surface area contributed by atoms with E-state index in [4.69, 9.17) is 11.6 Å². The van der Waals surface area contributed by atoms with Gasteiger partial charge in [0, 0.05) is 6.07 Å². The van der Waals surface area contributed by atoms with E-state index in [-0.39, 0.29) is 11.3 Å². The van der Waals surface area contributed by atoms with Gasteiger partial charge in [0.1, 0.15) is 5.56 Å². The fourth-order valence-electron chi connectivity index (χ4n) is 0.967. The van der Waals surface area contributed by atoms with E-state index >= 15 is 0 Å². The molecule has 0 radical (unpaired) electrons. The second-order valence-corrected chi connectivity index (χ2v) is 2.89. The van der Waals surface area contributed by atoms with E-state index in [1.807, 2.05) is 0 Å². The molecule has 0 unspecified atom stereocenters. The molecule has 0 aliphatic carbocycles. The van der Waals surface area contributed by atoms with Crippen molar-refractivity contribution in [3.8, 4) is 0 Å². The molecule has 0 amide bonds. The first-order valence-corrected chi connectivity index (χ1v) is 3.85. The Hall–Kier alpha value is -1.42. The SMILES string of the molecule is Cc1ccc([N+](=O)[O-])c(C(=O)Cl)c1. The van der Waals surface area contributed by atoms with Gasteiger partial charge in [-0.1, -0.05) is 6.07 Å². The summed E-state index contributed by atoms with van der Waals surface area (Å²) < 4.78 is 0. The van der Waals surface area contributed by atoms with Crippen LogP contribution in [-0.4, -0.2) is 10.2 Å². The molecular weight excluding hydrogens is 194 g/mol. The molecule has 5 heteroatoms. The number of hydrogen-bond donors (Lipinski definition) is 0. The summed E-state index contributed by atoms with van der Waals surface area (Å²) in [5, 5.41) is 9.62. The van der Waals surface area contributed by atoms with E-state index in [2.05, 4.69) is 0 Å². The zero-order valence-corrected chi connectivity index (χ0v) is 7.54. The maximum atomic E-state index is 10.8. The van der Waals surface area contributed by atoms with E-state index in [1.54, 1.807) is 13.0 Å². The molecular formula is C8H6ClNO3. The van der Waals surface area contributed by atoms with Gasteiger partial charge in [0.25, 0.3) is 10.9 Å². The number of nitro groups is 1. The second-order valence-electron chi connectivity index (χ2n) is 2.55. The summed E-state index contributed by atoms with van der Waals surface area (Å²) in [5.74, 6) is 0. The Morgan fingerprint density at radius 3 is 2.62 bits per heavy atom. The fourth-order valence-corrected chi connectivity index (χ4v) is 1.12. The van der Waals surface area contributed by atoms with Crippen molar-refractivity contribution in [3.63, 3.8) is 0 Å². The summed E-state index contributed by atoms with van der Waals surface area (Å²) in [5.41, 5.74) is 0.437. The zero-order valence-electron chi connectivity index (χ0n) is 6.78. The quantitative estimate of drug-likeness (QED) is 0.417. The van der Waals surface area contributed by atoms with Crippen molar-refractivity contribution in [1.82, 2.24) is 0 Å². The molecule has 0 heterocycles. The monoisotopic (exact) mass is 199 g/mol. The molecule has 1 aromatic rings. The summed E-state index contributed by atoms with van der Waals surface area (Å²) in [4.78, 5) is 20.6. The van der Waals surface area contributed by atoms with Gasteiger partial charge in [-0.3, -0.25) is 14.9 Å². The van der Waals surface area contributed by atoms with Crippen LogP contribution < -0.4 is 0 Å². The van der Waals surface area contributed by atoms with Crippen LogP contribution in [-0.2, 0) is 0 Å². The summed E-state index contributed by atoms with van der Waals surface area (Å²) in [6, 6.07) is 4.22. The van der Waals surface area contributed by atoms with E-state index < -0.39 is 10.2 Å². The lowest BCUT2D eigenvalue weighted by Crippen LogP contribution is -1.98. The van der Waals surface area contributed by atoms with Gasteiger partial charge in [0.2, 0.25) is 0 Å². The molecule has 0 saturated carbocycles. The Morgan fingerprint density at radius 1 is 1.54 bits per heavy atom. The third kappa shape index (κ3) is 2.03. The Bertz CT molecular complexity index is 376. The van der Waals surface area contributed by atoms with Crippen molar-refractivity contribution in [2.45, 2.75) is 6.92 Å². The van der Waals surface area contributed by atoms with Gasteiger partial charge in [-0.05, 0) is 30.2 Å². The first kappa shape index (κ1) is 9.67. The molecule has 0 spiro atoms. The Balaban J connectivity index is 3.35. The number of carbonyl (C=O) groups is 1. The smallest absolute Gasteiger partial charge is 0.275 e. The number of nitrogens with zero attached hydrogens (tertiary/aromatic N) is 1. The molecule has 0 N–H and O–H groups in total. The topological polar surface area (TPSA) is 60.2 Å². The number of aryl methyl sites for hydroxylation is 1. The number of hydrogen-bond acceptors (Lipinski definition) is 3. The molecule has 1 rings (SSSR count). The average molecular weight is 200 g/mol. The summed E-state index contributed by atoms with van der Waals surface area (Å²) >= 11 is 5.18. The van der Waals surface area contributed by atoms with Gasteiger partial charge in [0.05, 0.1) is 4.92 Å². The van der Waals surface area contributed by atoms with Crippen LogP contribution >= 0.6 is 11.6 Å². The standard InChI is InChI=1S/C8H6ClNO3/c1-5-2-3-7(10(12)13)6(4-5)8(9)11/h2-4H,1H3. The number of nitro benzene ring substituents is 1. The maximum absolute atomic E-state index is 10.8. The molecule has 1 aromatic carbocycles. The Morgan fingerprint density at radius 2 is 2.15 bits per heavy atom. The van der Waals surface area contributed by atoms with Gasteiger partial charge in [-0.25, -0.2) is 0 Å². The second kappa shape index (κ2) is 3.53. The molecule has 0 saturated heterocycles. The van der Waals surface area contributed by atoms with Crippen molar-refractivity contribution >= 4 is 22.5 Å². The average Bonchev–Trinajstić information content (AvgIpc) is 2.03. The highest BCUT2D eigenvalue weighted by Crippen LogP contribution is 2.21. The summed E-state index contributed by atoms with van der Waals surface area (Å²) in [6.07, 6.45) is 0. The lowest BCUT2D eigenvalue weighted by Gasteiger charge is -1.98. The molecule has 0 aliphatic rings. The van der Waals surface area contributed by atoms with Crippen molar-refractivity contribution in [2.24, 2.45) is 0 Å². The molecule has 0 bridgehead atoms. The highest BCUT2D eigenvalue weighted by atomic mass is 35.5. The largest absolute Gasteiger partial charge is 0.281 e.